The molecule has 0 atom stereocenters. The van der Waals surface area contributed by atoms with Crippen LogP contribution in [-0.2, 0) is 0 Å². The van der Waals surface area contributed by atoms with Crippen LogP contribution in [0.5, 0.6) is 11.6 Å². The van der Waals surface area contributed by atoms with Gasteiger partial charge in [-0.2, -0.15) is 0 Å². The molecule has 1 saturated carbocycles. The average Bonchev–Trinajstić information content (AvgIpc) is 3.19. The lowest BCUT2D eigenvalue weighted by Gasteiger charge is -2.10. The summed E-state index contributed by atoms with van der Waals surface area (Å²) in [6.45, 7) is 0. The van der Waals surface area contributed by atoms with Crippen LogP contribution in [-0.4, -0.2) is 10.2 Å². The van der Waals surface area contributed by atoms with E-state index in [9.17, 15) is 0 Å². The molecule has 1 aromatic carbocycles. The molecule has 0 aliphatic heterocycles. The zero-order valence-corrected chi connectivity index (χ0v) is 12.5. The lowest BCUT2D eigenvalue weighted by Crippen LogP contribution is -1.96. The van der Waals surface area contributed by atoms with Crippen LogP contribution in [0.1, 0.15) is 24.3 Å². The van der Waals surface area contributed by atoms with E-state index in [0.717, 1.165) is 18.4 Å². The summed E-state index contributed by atoms with van der Waals surface area (Å²) in [6, 6.07) is 4.90. The number of aromatic nitrogens is 2. The molecule has 0 unspecified atom stereocenters. The highest BCUT2D eigenvalue weighted by Gasteiger charge is 2.27. The Morgan fingerprint density at radius 2 is 1.70 bits per heavy atom. The topological polar surface area (TPSA) is 61.0 Å². The van der Waals surface area contributed by atoms with Gasteiger partial charge in [-0.15, -0.1) is 10.2 Å². The van der Waals surface area contributed by atoms with E-state index < -0.39 is 0 Å². The van der Waals surface area contributed by atoms with Crippen molar-refractivity contribution < 1.29 is 4.74 Å². The van der Waals surface area contributed by atoms with Crippen molar-refractivity contribution in [3.63, 3.8) is 0 Å². The highest BCUT2D eigenvalue weighted by molar-refractivity contribution is 6.37. The van der Waals surface area contributed by atoms with Crippen molar-refractivity contribution in [1.82, 2.24) is 10.2 Å². The van der Waals surface area contributed by atoms with Gasteiger partial charge in [-0.05, 0) is 36.5 Å². The summed E-state index contributed by atoms with van der Waals surface area (Å²) in [5, 5.41) is 8.84. The van der Waals surface area contributed by atoms with Gasteiger partial charge < -0.3 is 10.5 Å². The molecule has 2 aromatic rings. The normalized spacial score (nSPS) is 14.3. The number of anilines is 1. The van der Waals surface area contributed by atoms with Crippen molar-refractivity contribution in [2.75, 3.05) is 5.73 Å². The van der Waals surface area contributed by atoms with Gasteiger partial charge in [-0.3, -0.25) is 0 Å². The quantitative estimate of drug-likeness (QED) is 0.829. The van der Waals surface area contributed by atoms with E-state index in [2.05, 4.69) is 10.2 Å². The number of nitrogen functional groups attached to an aromatic ring is 1. The van der Waals surface area contributed by atoms with Gasteiger partial charge in [0.2, 0.25) is 5.88 Å². The molecule has 20 heavy (non-hydrogen) atoms. The molecule has 1 aromatic heterocycles. The number of ether oxygens (including phenoxy) is 1. The predicted octanol–water partition coefficient (Wildman–Crippen LogP) is 4.69. The first-order valence-corrected chi connectivity index (χ1v) is 7.13. The van der Waals surface area contributed by atoms with Gasteiger partial charge >= 0.3 is 0 Å². The van der Waals surface area contributed by atoms with Crippen LogP contribution in [0.3, 0.4) is 0 Å². The third-order valence-electron chi connectivity index (χ3n) is 3.00. The van der Waals surface area contributed by atoms with Gasteiger partial charge in [0, 0.05) is 11.8 Å². The summed E-state index contributed by atoms with van der Waals surface area (Å²) >= 11 is 18.2. The van der Waals surface area contributed by atoms with Crippen LogP contribution in [0.4, 0.5) is 5.69 Å². The minimum absolute atomic E-state index is 0.306. The first-order chi connectivity index (χ1) is 9.54. The number of hydrogen-bond acceptors (Lipinski definition) is 4. The third-order valence-corrected chi connectivity index (χ3v) is 3.85. The predicted molar refractivity (Wildman–Crippen MR) is 80.0 cm³/mol. The fourth-order valence-corrected chi connectivity index (χ4v) is 2.71. The molecule has 1 heterocycles. The molecular weight excluding hydrogens is 321 g/mol. The Balaban J connectivity index is 1.93. The lowest BCUT2D eigenvalue weighted by molar-refractivity contribution is 0.454. The maximum atomic E-state index is 6.07. The molecular formula is C13H10Cl3N3O. The molecule has 0 saturated heterocycles. The number of rotatable bonds is 3. The Hall–Kier alpha value is -1.23. The van der Waals surface area contributed by atoms with Crippen LogP contribution in [0.25, 0.3) is 0 Å². The first kappa shape index (κ1) is 13.7. The summed E-state index contributed by atoms with van der Waals surface area (Å²) in [5.41, 5.74) is 7.05. The Labute approximate surface area is 130 Å². The van der Waals surface area contributed by atoms with Crippen molar-refractivity contribution in [2.45, 2.75) is 18.8 Å². The molecule has 0 bridgehead atoms. The molecule has 104 valence electrons. The Morgan fingerprint density at radius 1 is 1.05 bits per heavy atom. The van der Waals surface area contributed by atoms with E-state index in [1.807, 2.05) is 0 Å². The highest BCUT2D eigenvalue weighted by atomic mass is 35.5. The Kier molecular flexibility index (Phi) is 3.63. The SMILES string of the molecule is Nc1cc(Cl)c(Oc2cc(C3CC3)c(Cl)nn2)c(Cl)c1. The molecule has 0 radical (unpaired) electrons. The molecule has 1 fully saturated rings. The van der Waals surface area contributed by atoms with Gasteiger partial charge in [0.25, 0.3) is 0 Å². The van der Waals surface area contributed by atoms with Crippen molar-refractivity contribution >= 4 is 40.5 Å². The summed E-state index contributed by atoms with van der Waals surface area (Å²) < 4.78 is 5.62. The second kappa shape index (κ2) is 5.28. The number of halogens is 3. The second-order valence-corrected chi connectivity index (χ2v) is 5.79. The molecule has 4 nitrogen and oxygen atoms in total. The molecule has 1 aliphatic rings. The average molecular weight is 331 g/mol. The van der Waals surface area contributed by atoms with E-state index >= 15 is 0 Å². The van der Waals surface area contributed by atoms with Crippen LogP contribution < -0.4 is 10.5 Å². The van der Waals surface area contributed by atoms with Crippen molar-refractivity contribution in [3.8, 4) is 11.6 Å². The highest BCUT2D eigenvalue weighted by Crippen LogP contribution is 2.44. The fraction of sp³-hybridized carbons (Fsp3) is 0.231. The number of hydrogen-bond donors (Lipinski definition) is 1. The van der Waals surface area contributed by atoms with Gasteiger partial charge in [0.05, 0.1) is 10.0 Å². The molecule has 0 spiro atoms. The smallest absolute Gasteiger partial charge is 0.239 e. The fourth-order valence-electron chi connectivity index (χ4n) is 1.88. The monoisotopic (exact) mass is 329 g/mol. The third kappa shape index (κ3) is 2.77. The molecule has 3 rings (SSSR count). The lowest BCUT2D eigenvalue weighted by atomic mass is 10.2. The second-order valence-electron chi connectivity index (χ2n) is 4.62. The van der Waals surface area contributed by atoms with Crippen LogP contribution >= 0.6 is 34.8 Å². The maximum Gasteiger partial charge on any atom is 0.239 e. The zero-order chi connectivity index (χ0) is 14.3. The summed E-state index contributed by atoms with van der Waals surface area (Å²) in [6.07, 6.45) is 2.21. The summed E-state index contributed by atoms with van der Waals surface area (Å²) in [5.74, 6) is 1.06. The van der Waals surface area contributed by atoms with Gasteiger partial charge in [-0.1, -0.05) is 34.8 Å². The van der Waals surface area contributed by atoms with Gasteiger partial charge in [0.15, 0.2) is 10.9 Å². The molecule has 7 heteroatoms. The van der Waals surface area contributed by atoms with Gasteiger partial charge in [0.1, 0.15) is 0 Å². The molecule has 1 aliphatic carbocycles. The van der Waals surface area contributed by atoms with Crippen molar-refractivity contribution in [1.29, 1.82) is 0 Å². The molecule has 0 amide bonds. The van der Waals surface area contributed by atoms with Crippen LogP contribution in [0.15, 0.2) is 18.2 Å². The van der Waals surface area contributed by atoms with Crippen molar-refractivity contribution in [3.05, 3.63) is 39.0 Å². The minimum atomic E-state index is 0.306. The number of benzene rings is 1. The van der Waals surface area contributed by atoms with Gasteiger partial charge in [-0.25, -0.2) is 0 Å². The zero-order valence-electron chi connectivity index (χ0n) is 10.2. The van der Waals surface area contributed by atoms with E-state index in [1.54, 1.807) is 18.2 Å². The minimum Gasteiger partial charge on any atom is -0.434 e. The Bertz CT molecular complexity index is 651. The van der Waals surface area contributed by atoms with Crippen LogP contribution in [0.2, 0.25) is 15.2 Å². The van der Waals surface area contributed by atoms with E-state index in [1.165, 1.54) is 0 Å². The van der Waals surface area contributed by atoms with E-state index in [0.29, 0.717) is 38.4 Å². The summed E-state index contributed by atoms with van der Waals surface area (Å²) in [4.78, 5) is 0. The standard InChI is InChI=1S/C13H10Cl3N3O/c14-9-3-7(17)4-10(15)12(9)20-11-5-8(6-1-2-6)13(16)19-18-11/h3-6H,1-2,17H2. The number of nitrogens with zero attached hydrogens (tertiary/aromatic N) is 2. The molecule has 2 N–H and O–H groups in total. The first-order valence-electron chi connectivity index (χ1n) is 6.00. The Morgan fingerprint density at radius 3 is 2.30 bits per heavy atom. The maximum absolute atomic E-state index is 6.07. The summed E-state index contributed by atoms with van der Waals surface area (Å²) in [7, 11) is 0. The largest absolute Gasteiger partial charge is 0.434 e. The number of nitrogens with two attached hydrogens (primary N) is 1. The van der Waals surface area contributed by atoms with Crippen LogP contribution in [0, 0.1) is 0 Å². The van der Waals surface area contributed by atoms with E-state index in [-0.39, 0.29) is 0 Å². The van der Waals surface area contributed by atoms with Crippen molar-refractivity contribution in [2.24, 2.45) is 0 Å². The van der Waals surface area contributed by atoms with E-state index in [4.69, 9.17) is 45.3 Å².